The smallest absolute Gasteiger partial charge is 0.0537 e. The third-order valence-electron chi connectivity index (χ3n) is 2.87. The number of likely N-dealkylation sites (N-methyl/N-ethyl adjacent to an activating group) is 1. The molecule has 2 aromatic heterocycles. The van der Waals surface area contributed by atoms with Crippen molar-refractivity contribution in [1.82, 2.24) is 24.5 Å². The lowest BCUT2D eigenvalue weighted by molar-refractivity contribution is 0.305. The first-order valence-electron chi connectivity index (χ1n) is 5.95. The Bertz CT molecular complexity index is 500. The first kappa shape index (κ1) is 12.8. The summed E-state index contributed by atoms with van der Waals surface area (Å²) in [4.78, 5) is 2.19. The Hall–Kier alpha value is -1.66. The zero-order valence-electron chi connectivity index (χ0n) is 11.1. The number of aromatic nitrogens is 4. The van der Waals surface area contributed by atoms with Crippen LogP contribution in [0, 0.1) is 0 Å². The van der Waals surface area contributed by atoms with Crippen molar-refractivity contribution in [2.45, 2.75) is 12.6 Å². The average Bonchev–Trinajstić information content (AvgIpc) is 2.87. The fourth-order valence-electron chi connectivity index (χ4n) is 2.00. The van der Waals surface area contributed by atoms with E-state index in [2.05, 4.69) is 22.1 Å². The van der Waals surface area contributed by atoms with E-state index in [4.69, 9.17) is 5.73 Å². The molecule has 0 saturated carbocycles. The molecule has 0 aliphatic carbocycles. The summed E-state index contributed by atoms with van der Waals surface area (Å²) in [7, 11) is 5.88. The van der Waals surface area contributed by atoms with Crippen molar-refractivity contribution >= 4 is 0 Å². The number of rotatable bonds is 5. The number of aryl methyl sites for hydroxylation is 2. The van der Waals surface area contributed by atoms with Gasteiger partial charge in [0.1, 0.15) is 0 Å². The molecule has 0 bridgehead atoms. The Morgan fingerprint density at radius 3 is 2.44 bits per heavy atom. The van der Waals surface area contributed by atoms with Crippen LogP contribution in [-0.2, 0) is 20.6 Å². The molecule has 2 N–H and O–H groups in total. The molecule has 2 heterocycles. The molecular formula is C12H20N6. The van der Waals surface area contributed by atoms with Gasteiger partial charge in [-0.3, -0.25) is 9.36 Å². The van der Waals surface area contributed by atoms with E-state index in [1.54, 1.807) is 4.68 Å². The van der Waals surface area contributed by atoms with Crippen molar-refractivity contribution in [3.63, 3.8) is 0 Å². The molecule has 0 aliphatic rings. The van der Waals surface area contributed by atoms with Gasteiger partial charge in [0, 0.05) is 56.7 Å². The third kappa shape index (κ3) is 3.18. The minimum atomic E-state index is -0.0135. The van der Waals surface area contributed by atoms with Crippen LogP contribution in [0.25, 0.3) is 0 Å². The molecule has 0 aromatic carbocycles. The van der Waals surface area contributed by atoms with E-state index in [0.29, 0.717) is 0 Å². The molecule has 0 fully saturated rings. The molecule has 6 nitrogen and oxygen atoms in total. The maximum atomic E-state index is 6.15. The Kier molecular flexibility index (Phi) is 3.78. The molecule has 2 aromatic rings. The molecule has 0 aliphatic heterocycles. The number of hydrogen-bond acceptors (Lipinski definition) is 4. The number of nitrogens with zero attached hydrogens (tertiary/aromatic N) is 5. The minimum absolute atomic E-state index is 0.0135. The highest BCUT2D eigenvalue weighted by Gasteiger charge is 2.11. The van der Waals surface area contributed by atoms with Gasteiger partial charge in [-0.1, -0.05) is 0 Å². The summed E-state index contributed by atoms with van der Waals surface area (Å²) in [6, 6.07) is -0.0135. The standard InChI is InChI=1S/C12H20N6/c1-16(6-10-4-14-17(2)7-10)9-12(13)11-5-15-18(3)8-11/h4-5,7-8,12H,6,9,13H2,1-3H3. The highest BCUT2D eigenvalue weighted by Crippen LogP contribution is 2.11. The Balaban J connectivity index is 1.89. The fraction of sp³-hybridized carbons (Fsp3) is 0.500. The minimum Gasteiger partial charge on any atom is -0.323 e. The van der Waals surface area contributed by atoms with Gasteiger partial charge in [0.15, 0.2) is 0 Å². The van der Waals surface area contributed by atoms with Crippen LogP contribution >= 0.6 is 0 Å². The highest BCUT2D eigenvalue weighted by atomic mass is 15.2. The molecule has 2 rings (SSSR count). The van der Waals surface area contributed by atoms with Gasteiger partial charge in [0.05, 0.1) is 12.4 Å². The molecule has 0 radical (unpaired) electrons. The van der Waals surface area contributed by atoms with E-state index >= 15 is 0 Å². The molecule has 0 spiro atoms. The molecule has 18 heavy (non-hydrogen) atoms. The normalized spacial score (nSPS) is 13.2. The summed E-state index contributed by atoms with van der Waals surface area (Å²) in [6.45, 7) is 1.64. The van der Waals surface area contributed by atoms with Crippen LogP contribution in [0.15, 0.2) is 24.8 Å². The van der Waals surface area contributed by atoms with Gasteiger partial charge < -0.3 is 10.6 Å². The van der Waals surface area contributed by atoms with E-state index in [1.165, 1.54) is 5.56 Å². The molecule has 6 heteroatoms. The van der Waals surface area contributed by atoms with Gasteiger partial charge in [0.2, 0.25) is 0 Å². The van der Waals surface area contributed by atoms with Crippen molar-refractivity contribution in [3.8, 4) is 0 Å². The number of hydrogen-bond donors (Lipinski definition) is 1. The second-order valence-corrected chi connectivity index (χ2v) is 4.77. The van der Waals surface area contributed by atoms with Gasteiger partial charge in [-0.25, -0.2) is 0 Å². The predicted molar refractivity (Wildman–Crippen MR) is 69.7 cm³/mol. The summed E-state index contributed by atoms with van der Waals surface area (Å²) in [5.74, 6) is 0. The molecule has 0 saturated heterocycles. The van der Waals surface area contributed by atoms with Crippen LogP contribution in [0.4, 0.5) is 0 Å². The Labute approximate surface area is 107 Å². The molecule has 0 amide bonds. The lowest BCUT2D eigenvalue weighted by atomic mass is 10.1. The van der Waals surface area contributed by atoms with Crippen molar-refractivity contribution in [1.29, 1.82) is 0 Å². The highest BCUT2D eigenvalue weighted by molar-refractivity contribution is 5.10. The lowest BCUT2D eigenvalue weighted by Gasteiger charge is -2.19. The quantitative estimate of drug-likeness (QED) is 0.825. The average molecular weight is 248 g/mol. The van der Waals surface area contributed by atoms with Crippen LogP contribution in [0.1, 0.15) is 17.2 Å². The summed E-state index contributed by atoms with van der Waals surface area (Å²) in [5, 5.41) is 8.29. The van der Waals surface area contributed by atoms with Crippen LogP contribution in [-0.4, -0.2) is 38.1 Å². The zero-order valence-corrected chi connectivity index (χ0v) is 11.1. The molecule has 1 atom stereocenters. The summed E-state index contributed by atoms with van der Waals surface area (Å²) < 4.78 is 3.58. The van der Waals surface area contributed by atoms with Crippen LogP contribution < -0.4 is 5.73 Å². The molecule has 98 valence electrons. The van der Waals surface area contributed by atoms with Crippen molar-refractivity contribution in [3.05, 3.63) is 35.9 Å². The third-order valence-corrected chi connectivity index (χ3v) is 2.87. The fourth-order valence-corrected chi connectivity index (χ4v) is 2.00. The van der Waals surface area contributed by atoms with E-state index in [-0.39, 0.29) is 6.04 Å². The van der Waals surface area contributed by atoms with E-state index in [1.807, 2.05) is 43.6 Å². The first-order chi connectivity index (χ1) is 8.54. The van der Waals surface area contributed by atoms with Crippen LogP contribution in [0.3, 0.4) is 0 Å². The predicted octanol–water partition coefficient (Wildman–Crippen LogP) is 0.285. The van der Waals surface area contributed by atoms with E-state index in [0.717, 1.165) is 18.7 Å². The zero-order chi connectivity index (χ0) is 13.1. The monoisotopic (exact) mass is 248 g/mol. The van der Waals surface area contributed by atoms with E-state index in [9.17, 15) is 0 Å². The van der Waals surface area contributed by atoms with E-state index < -0.39 is 0 Å². The summed E-state index contributed by atoms with van der Waals surface area (Å²) in [5.41, 5.74) is 8.41. The van der Waals surface area contributed by atoms with Crippen molar-refractivity contribution < 1.29 is 0 Å². The maximum absolute atomic E-state index is 6.15. The SMILES string of the molecule is CN(Cc1cnn(C)c1)CC(N)c1cnn(C)c1. The lowest BCUT2D eigenvalue weighted by Crippen LogP contribution is -2.28. The Morgan fingerprint density at radius 2 is 1.89 bits per heavy atom. The number of nitrogens with two attached hydrogens (primary N) is 1. The first-order valence-corrected chi connectivity index (χ1v) is 5.95. The molecule has 1 unspecified atom stereocenters. The largest absolute Gasteiger partial charge is 0.323 e. The Morgan fingerprint density at radius 1 is 1.22 bits per heavy atom. The second kappa shape index (κ2) is 5.32. The van der Waals surface area contributed by atoms with Crippen LogP contribution in [0.5, 0.6) is 0 Å². The van der Waals surface area contributed by atoms with Gasteiger partial charge in [-0.15, -0.1) is 0 Å². The summed E-state index contributed by atoms with van der Waals surface area (Å²) >= 11 is 0. The van der Waals surface area contributed by atoms with Crippen LogP contribution in [0.2, 0.25) is 0 Å². The summed E-state index contributed by atoms with van der Waals surface area (Å²) in [6.07, 6.45) is 7.68. The van der Waals surface area contributed by atoms with Gasteiger partial charge in [-0.2, -0.15) is 10.2 Å². The molecular weight excluding hydrogens is 228 g/mol. The maximum Gasteiger partial charge on any atom is 0.0537 e. The van der Waals surface area contributed by atoms with Crippen molar-refractivity contribution in [2.75, 3.05) is 13.6 Å². The van der Waals surface area contributed by atoms with Gasteiger partial charge in [-0.05, 0) is 7.05 Å². The second-order valence-electron chi connectivity index (χ2n) is 4.77. The topological polar surface area (TPSA) is 64.9 Å². The van der Waals surface area contributed by atoms with Gasteiger partial charge in [0.25, 0.3) is 0 Å². The van der Waals surface area contributed by atoms with Crippen molar-refractivity contribution in [2.24, 2.45) is 19.8 Å². The van der Waals surface area contributed by atoms with Gasteiger partial charge >= 0.3 is 0 Å².